The summed E-state index contributed by atoms with van der Waals surface area (Å²) in [6.45, 7) is 4.70. The van der Waals surface area contributed by atoms with Gasteiger partial charge in [0, 0.05) is 16.6 Å². The number of aryl methyl sites for hydroxylation is 2. The predicted octanol–water partition coefficient (Wildman–Crippen LogP) is 6.27. The van der Waals surface area contributed by atoms with E-state index in [9.17, 15) is 4.79 Å². The lowest BCUT2D eigenvalue weighted by atomic mass is 10.1. The third-order valence-corrected chi connectivity index (χ3v) is 5.98. The van der Waals surface area contributed by atoms with E-state index in [-0.39, 0.29) is 5.91 Å². The first-order chi connectivity index (χ1) is 15.5. The van der Waals surface area contributed by atoms with Crippen LogP contribution in [0.2, 0.25) is 0 Å². The number of carbonyl (C=O) groups is 1. The van der Waals surface area contributed by atoms with Gasteiger partial charge in [-0.05, 0) is 73.5 Å². The first-order valence-electron chi connectivity index (χ1n) is 10.2. The molecule has 4 aromatic rings. The van der Waals surface area contributed by atoms with Crippen LogP contribution in [-0.4, -0.2) is 18.0 Å². The van der Waals surface area contributed by atoms with Gasteiger partial charge < -0.3 is 14.8 Å². The van der Waals surface area contributed by atoms with Crippen molar-refractivity contribution in [2.45, 2.75) is 20.5 Å². The Hall–Kier alpha value is -3.64. The van der Waals surface area contributed by atoms with Crippen molar-refractivity contribution in [3.8, 4) is 22.1 Å². The Labute approximate surface area is 191 Å². The van der Waals surface area contributed by atoms with Gasteiger partial charge in [0.2, 0.25) is 0 Å². The van der Waals surface area contributed by atoms with Crippen molar-refractivity contribution in [3.63, 3.8) is 0 Å². The number of anilines is 1. The van der Waals surface area contributed by atoms with E-state index >= 15 is 0 Å². The molecular formula is C26H24N2O3S. The number of hydrogen-bond donors (Lipinski definition) is 1. The van der Waals surface area contributed by atoms with Crippen molar-refractivity contribution in [2.75, 3.05) is 12.4 Å². The fraction of sp³-hybridized carbons (Fsp3) is 0.154. The monoisotopic (exact) mass is 444 g/mol. The van der Waals surface area contributed by atoms with E-state index in [0.717, 1.165) is 22.1 Å². The lowest BCUT2D eigenvalue weighted by Crippen LogP contribution is -2.12. The van der Waals surface area contributed by atoms with Crippen LogP contribution in [0.25, 0.3) is 10.6 Å². The smallest absolute Gasteiger partial charge is 0.275 e. The van der Waals surface area contributed by atoms with Crippen molar-refractivity contribution in [2.24, 2.45) is 0 Å². The summed E-state index contributed by atoms with van der Waals surface area (Å²) in [7, 11) is 1.61. The quantitative estimate of drug-likeness (QED) is 0.365. The van der Waals surface area contributed by atoms with Gasteiger partial charge in [-0.1, -0.05) is 23.8 Å². The van der Waals surface area contributed by atoms with Crippen molar-refractivity contribution >= 4 is 22.9 Å². The Kier molecular flexibility index (Phi) is 6.52. The third kappa shape index (κ3) is 5.15. The molecule has 1 heterocycles. The zero-order chi connectivity index (χ0) is 22.5. The number of nitrogens with one attached hydrogen (secondary N) is 1. The van der Waals surface area contributed by atoms with Gasteiger partial charge in [-0.2, -0.15) is 0 Å². The number of nitrogens with zero attached hydrogens (tertiary/aromatic N) is 1. The molecule has 6 heteroatoms. The molecule has 0 aliphatic heterocycles. The average Bonchev–Trinajstić information content (AvgIpc) is 3.31. The number of rotatable bonds is 7. The Morgan fingerprint density at radius 2 is 1.69 bits per heavy atom. The van der Waals surface area contributed by atoms with Crippen molar-refractivity contribution in [3.05, 3.63) is 94.5 Å². The molecule has 0 radical (unpaired) electrons. The number of carbonyl (C=O) groups excluding carboxylic acids is 1. The fourth-order valence-electron chi connectivity index (χ4n) is 3.19. The second-order valence-electron chi connectivity index (χ2n) is 7.46. The van der Waals surface area contributed by atoms with Crippen LogP contribution in [0.4, 0.5) is 5.69 Å². The molecule has 0 aliphatic carbocycles. The second-order valence-corrected chi connectivity index (χ2v) is 8.32. The van der Waals surface area contributed by atoms with Crippen molar-refractivity contribution in [1.82, 2.24) is 4.98 Å². The number of methoxy groups -OCH3 is 1. The highest BCUT2D eigenvalue weighted by atomic mass is 32.1. The van der Waals surface area contributed by atoms with Crippen LogP contribution in [0.15, 0.2) is 72.1 Å². The van der Waals surface area contributed by atoms with Crippen molar-refractivity contribution in [1.29, 1.82) is 0 Å². The molecule has 5 nitrogen and oxygen atoms in total. The minimum Gasteiger partial charge on any atom is -0.497 e. The topological polar surface area (TPSA) is 60.5 Å². The Bertz CT molecular complexity index is 1210. The van der Waals surface area contributed by atoms with Gasteiger partial charge in [0.25, 0.3) is 5.91 Å². The van der Waals surface area contributed by atoms with Gasteiger partial charge in [-0.3, -0.25) is 4.79 Å². The Morgan fingerprint density at radius 3 is 2.41 bits per heavy atom. The van der Waals surface area contributed by atoms with E-state index < -0.39 is 0 Å². The van der Waals surface area contributed by atoms with E-state index in [0.29, 0.717) is 18.0 Å². The molecule has 0 atom stereocenters. The summed E-state index contributed by atoms with van der Waals surface area (Å²) >= 11 is 1.43. The van der Waals surface area contributed by atoms with Crippen LogP contribution >= 0.6 is 11.3 Å². The highest BCUT2D eigenvalue weighted by Crippen LogP contribution is 2.27. The second kappa shape index (κ2) is 9.66. The van der Waals surface area contributed by atoms with Crippen LogP contribution in [0.3, 0.4) is 0 Å². The molecule has 0 fully saturated rings. The number of aromatic nitrogens is 1. The SMILES string of the molecule is COc1ccc(NC(=O)c2csc(-c3ccc(OCc4cc(C)ccc4C)cc3)n2)cc1. The molecule has 162 valence electrons. The molecule has 32 heavy (non-hydrogen) atoms. The molecule has 1 amide bonds. The molecule has 0 saturated heterocycles. The highest BCUT2D eigenvalue weighted by Gasteiger charge is 2.12. The maximum atomic E-state index is 12.5. The predicted molar refractivity (Wildman–Crippen MR) is 129 cm³/mol. The molecular weight excluding hydrogens is 420 g/mol. The van der Waals surface area contributed by atoms with E-state index in [1.165, 1.54) is 28.0 Å². The number of benzene rings is 3. The maximum Gasteiger partial charge on any atom is 0.275 e. The maximum absolute atomic E-state index is 12.5. The average molecular weight is 445 g/mol. The van der Waals surface area contributed by atoms with Crippen LogP contribution in [0.1, 0.15) is 27.2 Å². The first kappa shape index (κ1) is 21.6. The standard InChI is InChI=1S/C26H24N2O3S/c1-17-4-5-18(2)20(14-17)15-31-23-10-6-19(7-11-23)26-28-24(16-32-26)25(29)27-21-8-12-22(30-3)13-9-21/h4-14,16H,15H2,1-3H3,(H,27,29). The molecule has 0 saturated carbocycles. The molecule has 1 N–H and O–H groups in total. The molecule has 0 spiro atoms. The van der Waals surface area contributed by atoms with E-state index in [1.807, 2.05) is 24.3 Å². The van der Waals surface area contributed by atoms with E-state index in [4.69, 9.17) is 9.47 Å². The lowest BCUT2D eigenvalue weighted by molar-refractivity contribution is 0.102. The summed E-state index contributed by atoms with van der Waals surface area (Å²) in [4.78, 5) is 17.0. The molecule has 4 rings (SSSR count). The summed E-state index contributed by atoms with van der Waals surface area (Å²) in [5.74, 6) is 1.29. The largest absolute Gasteiger partial charge is 0.497 e. The highest BCUT2D eigenvalue weighted by molar-refractivity contribution is 7.13. The molecule has 3 aromatic carbocycles. The van der Waals surface area contributed by atoms with Crippen LogP contribution < -0.4 is 14.8 Å². The van der Waals surface area contributed by atoms with Gasteiger partial charge in [0.1, 0.15) is 28.8 Å². The van der Waals surface area contributed by atoms with Gasteiger partial charge in [-0.25, -0.2) is 4.98 Å². The number of thiazole rings is 1. The normalized spacial score (nSPS) is 10.6. The molecule has 0 aliphatic rings. The van der Waals surface area contributed by atoms with E-state index in [1.54, 1.807) is 36.8 Å². The summed E-state index contributed by atoms with van der Waals surface area (Å²) < 4.78 is 11.1. The zero-order valence-corrected chi connectivity index (χ0v) is 19.0. The zero-order valence-electron chi connectivity index (χ0n) is 18.2. The number of amides is 1. The van der Waals surface area contributed by atoms with Gasteiger partial charge in [0.15, 0.2) is 0 Å². The first-order valence-corrected chi connectivity index (χ1v) is 11.1. The molecule has 0 bridgehead atoms. The minimum absolute atomic E-state index is 0.244. The van der Waals surface area contributed by atoms with Crippen LogP contribution in [0.5, 0.6) is 11.5 Å². The van der Waals surface area contributed by atoms with Crippen molar-refractivity contribution < 1.29 is 14.3 Å². The van der Waals surface area contributed by atoms with E-state index in [2.05, 4.69) is 42.3 Å². The van der Waals surface area contributed by atoms with Gasteiger partial charge >= 0.3 is 0 Å². The molecule has 1 aromatic heterocycles. The van der Waals surface area contributed by atoms with Gasteiger partial charge in [0.05, 0.1) is 7.11 Å². The third-order valence-electron chi connectivity index (χ3n) is 5.08. The molecule has 0 unspecified atom stereocenters. The Morgan fingerprint density at radius 1 is 0.969 bits per heavy atom. The summed E-state index contributed by atoms with van der Waals surface area (Å²) in [5, 5.41) is 5.40. The summed E-state index contributed by atoms with van der Waals surface area (Å²) in [6, 6.07) is 21.3. The van der Waals surface area contributed by atoms with Crippen LogP contribution in [0, 0.1) is 13.8 Å². The summed E-state index contributed by atoms with van der Waals surface area (Å²) in [6.07, 6.45) is 0. The lowest BCUT2D eigenvalue weighted by Gasteiger charge is -2.10. The number of hydrogen-bond acceptors (Lipinski definition) is 5. The van der Waals surface area contributed by atoms with Crippen LogP contribution in [-0.2, 0) is 6.61 Å². The van der Waals surface area contributed by atoms with Gasteiger partial charge in [-0.15, -0.1) is 11.3 Å². The minimum atomic E-state index is -0.244. The Balaban J connectivity index is 1.39. The number of ether oxygens (including phenoxy) is 2. The summed E-state index contributed by atoms with van der Waals surface area (Å²) in [5.41, 5.74) is 5.64. The fourth-order valence-corrected chi connectivity index (χ4v) is 4.00.